The molecule has 1 heterocycles. The molecular formula is C13H21N3O4S2. The van der Waals surface area contributed by atoms with Gasteiger partial charge in [-0.15, -0.1) is 0 Å². The lowest BCUT2D eigenvalue weighted by Crippen LogP contribution is -2.44. The Hall–Kier alpha value is -1.00. The van der Waals surface area contributed by atoms with E-state index in [-0.39, 0.29) is 21.8 Å². The van der Waals surface area contributed by atoms with E-state index in [0.717, 1.165) is 18.9 Å². The second-order valence-electron chi connectivity index (χ2n) is 5.64. The zero-order chi connectivity index (χ0) is 16.5. The molecule has 1 fully saturated rings. The Morgan fingerprint density at radius 1 is 1.23 bits per heavy atom. The molecule has 0 bridgehead atoms. The highest BCUT2D eigenvalue weighted by atomic mass is 32.2. The SMILES string of the molecule is C[C@H](N)[C@@H]1CCCN(S(=O)(=O)c2cccc(S(N)(=O)=O)c2)C1. The number of sulfonamides is 2. The third kappa shape index (κ3) is 3.66. The maximum absolute atomic E-state index is 12.7. The molecule has 1 aromatic rings. The van der Waals surface area contributed by atoms with Crippen LogP contribution in [0.15, 0.2) is 34.1 Å². The molecule has 124 valence electrons. The quantitative estimate of drug-likeness (QED) is 0.798. The molecule has 0 unspecified atom stereocenters. The summed E-state index contributed by atoms with van der Waals surface area (Å²) in [6.07, 6.45) is 1.63. The van der Waals surface area contributed by atoms with Crippen LogP contribution in [0.3, 0.4) is 0 Å². The van der Waals surface area contributed by atoms with Crippen LogP contribution in [-0.4, -0.2) is 40.3 Å². The van der Waals surface area contributed by atoms with Gasteiger partial charge in [-0.25, -0.2) is 22.0 Å². The predicted octanol–water partition coefficient (Wildman–Crippen LogP) is 0.0819. The van der Waals surface area contributed by atoms with Gasteiger partial charge in [-0.2, -0.15) is 4.31 Å². The van der Waals surface area contributed by atoms with Gasteiger partial charge >= 0.3 is 0 Å². The third-order valence-corrected chi connectivity index (χ3v) is 6.71. The summed E-state index contributed by atoms with van der Waals surface area (Å²) in [5.41, 5.74) is 5.88. The summed E-state index contributed by atoms with van der Waals surface area (Å²) in [4.78, 5) is -0.279. The molecule has 22 heavy (non-hydrogen) atoms. The first-order chi connectivity index (χ1) is 10.1. The van der Waals surface area contributed by atoms with Gasteiger partial charge in [0.15, 0.2) is 0 Å². The second-order valence-corrected chi connectivity index (χ2v) is 9.14. The van der Waals surface area contributed by atoms with Crippen LogP contribution >= 0.6 is 0 Å². The number of hydrogen-bond donors (Lipinski definition) is 2. The standard InChI is InChI=1S/C13H21N3O4S2/c1-10(14)11-4-3-7-16(9-11)22(19,20)13-6-2-5-12(8-13)21(15,17)18/h2,5-6,8,10-11H,3-4,7,9,14H2,1H3,(H2,15,17,18)/t10-,11+/m0/s1. The van der Waals surface area contributed by atoms with Crippen molar-refractivity contribution < 1.29 is 16.8 Å². The molecule has 1 saturated heterocycles. The van der Waals surface area contributed by atoms with Gasteiger partial charge in [-0.05, 0) is 43.9 Å². The van der Waals surface area contributed by atoms with E-state index in [0.29, 0.717) is 13.1 Å². The number of hydrogen-bond acceptors (Lipinski definition) is 5. The van der Waals surface area contributed by atoms with Crippen LogP contribution in [-0.2, 0) is 20.0 Å². The maximum Gasteiger partial charge on any atom is 0.243 e. The van der Waals surface area contributed by atoms with Crippen molar-refractivity contribution in [2.45, 2.75) is 35.6 Å². The number of nitrogens with two attached hydrogens (primary N) is 2. The van der Waals surface area contributed by atoms with Gasteiger partial charge in [0.2, 0.25) is 20.0 Å². The lowest BCUT2D eigenvalue weighted by molar-refractivity contribution is 0.243. The monoisotopic (exact) mass is 347 g/mol. The zero-order valence-electron chi connectivity index (χ0n) is 12.3. The van der Waals surface area contributed by atoms with Gasteiger partial charge in [0.1, 0.15) is 0 Å². The Bertz CT molecular complexity index is 744. The minimum atomic E-state index is -3.94. The summed E-state index contributed by atoms with van der Waals surface area (Å²) in [7, 11) is -7.70. The Labute approximate surface area is 131 Å². The molecule has 7 nitrogen and oxygen atoms in total. The zero-order valence-corrected chi connectivity index (χ0v) is 14.0. The fraction of sp³-hybridized carbons (Fsp3) is 0.538. The Kier molecular flexibility index (Phi) is 4.93. The van der Waals surface area contributed by atoms with Crippen molar-refractivity contribution in [3.05, 3.63) is 24.3 Å². The molecule has 0 saturated carbocycles. The Morgan fingerprint density at radius 3 is 2.45 bits per heavy atom. The summed E-state index contributed by atoms with van der Waals surface area (Å²) in [6, 6.07) is 5.03. The number of nitrogens with zero attached hydrogens (tertiary/aromatic N) is 1. The van der Waals surface area contributed by atoms with Crippen LogP contribution in [0.25, 0.3) is 0 Å². The van der Waals surface area contributed by atoms with Crippen LogP contribution in [0.1, 0.15) is 19.8 Å². The van der Waals surface area contributed by atoms with Crippen molar-refractivity contribution in [1.29, 1.82) is 0 Å². The largest absolute Gasteiger partial charge is 0.328 e. The van der Waals surface area contributed by atoms with Crippen molar-refractivity contribution in [1.82, 2.24) is 4.31 Å². The van der Waals surface area contributed by atoms with Crippen molar-refractivity contribution in [2.75, 3.05) is 13.1 Å². The van der Waals surface area contributed by atoms with E-state index < -0.39 is 20.0 Å². The molecule has 9 heteroatoms. The third-order valence-electron chi connectivity index (χ3n) is 3.94. The van der Waals surface area contributed by atoms with E-state index in [1.807, 2.05) is 6.92 Å². The van der Waals surface area contributed by atoms with Crippen LogP contribution < -0.4 is 10.9 Å². The molecule has 2 rings (SSSR count). The van der Waals surface area contributed by atoms with Gasteiger partial charge in [-0.1, -0.05) is 6.07 Å². The Morgan fingerprint density at radius 2 is 1.86 bits per heavy atom. The number of primary sulfonamides is 1. The second kappa shape index (κ2) is 6.25. The first-order valence-corrected chi connectivity index (χ1v) is 9.99. The van der Waals surface area contributed by atoms with E-state index >= 15 is 0 Å². The first kappa shape index (κ1) is 17.4. The van der Waals surface area contributed by atoms with Crippen molar-refractivity contribution in [3.8, 4) is 0 Å². The molecular weight excluding hydrogens is 326 g/mol. The molecule has 0 spiro atoms. The van der Waals surface area contributed by atoms with Gasteiger partial charge in [0.25, 0.3) is 0 Å². The summed E-state index contributed by atoms with van der Waals surface area (Å²) < 4.78 is 49.5. The van der Waals surface area contributed by atoms with Crippen molar-refractivity contribution in [3.63, 3.8) is 0 Å². The van der Waals surface area contributed by atoms with Gasteiger partial charge in [0, 0.05) is 19.1 Å². The maximum atomic E-state index is 12.7. The fourth-order valence-electron chi connectivity index (χ4n) is 2.58. The lowest BCUT2D eigenvalue weighted by Gasteiger charge is -2.33. The van der Waals surface area contributed by atoms with E-state index in [1.54, 1.807) is 0 Å². The molecule has 1 aromatic carbocycles. The van der Waals surface area contributed by atoms with Crippen LogP contribution in [0, 0.1) is 5.92 Å². The number of piperidine rings is 1. The van der Waals surface area contributed by atoms with E-state index in [1.165, 1.54) is 22.5 Å². The summed E-state index contributed by atoms with van der Waals surface area (Å²) in [6.45, 7) is 2.62. The molecule has 2 atom stereocenters. The molecule has 0 radical (unpaired) electrons. The normalized spacial score (nSPS) is 22.4. The highest BCUT2D eigenvalue weighted by Gasteiger charge is 2.32. The highest BCUT2D eigenvalue weighted by molar-refractivity contribution is 7.90. The summed E-state index contributed by atoms with van der Waals surface area (Å²) in [5, 5.41) is 5.06. The first-order valence-electron chi connectivity index (χ1n) is 7.01. The average molecular weight is 347 g/mol. The molecule has 0 amide bonds. The average Bonchev–Trinajstić information content (AvgIpc) is 2.46. The lowest BCUT2D eigenvalue weighted by atomic mass is 9.93. The smallest absolute Gasteiger partial charge is 0.243 e. The van der Waals surface area contributed by atoms with E-state index in [9.17, 15) is 16.8 Å². The number of rotatable bonds is 4. The fourth-order valence-corrected chi connectivity index (χ4v) is 4.80. The van der Waals surface area contributed by atoms with Crippen LogP contribution in [0.4, 0.5) is 0 Å². The number of benzene rings is 1. The van der Waals surface area contributed by atoms with Crippen molar-refractivity contribution in [2.24, 2.45) is 16.8 Å². The van der Waals surface area contributed by atoms with E-state index in [2.05, 4.69) is 0 Å². The van der Waals surface area contributed by atoms with Gasteiger partial charge < -0.3 is 5.73 Å². The minimum Gasteiger partial charge on any atom is -0.328 e. The van der Waals surface area contributed by atoms with Crippen molar-refractivity contribution >= 4 is 20.0 Å². The van der Waals surface area contributed by atoms with E-state index in [4.69, 9.17) is 10.9 Å². The minimum absolute atomic E-state index is 0.0654. The van der Waals surface area contributed by atoms with Crippen LogP contribution in [0.2, 0.25) is 0 Å². The molecule has 0 aliphatic carbocycles. The van der Waals surface area contributed by atoms with Gasteiger partial charge in [0.05, 0.1) is 9.79 Å². The predicted molar refractivity (Wildman–Crippen MR) is 82.9 cm³/mol. The molecule has 4 N–H and O–H groups in total. The Balaban J connectivity index is 2.34. The topological polar surface area (TPSA) is 124 Å². The highest BCUT2D eigenvalue weighted by Crippen LogP contribution is 2.26. The molecule has 0 aromatic heterocycles. The summed E-state index contributed by atoms with van der Waals surface area (Å²) >= 11 is 0. The molecule has 1 aliphatic heterocycles. The summed E-state index contributed by atoms with van der Waals surface area (Å²) in [5.74, 6) is 0.102. The van der Waals surface area contributed by atoms with Gasteiger partial charge in [-0.3, -0.25) is 0 Å². The van der Waals surface area contributed by atoms with Crippen LogP contribution in [0.5, 0.6) is 0 Å². The molecule has 1 aliphatic rings.